The number of hydrogen-bond acceptors (Lipinski definition) is 5. The van der Waals surface area contributed by atoms with Gasteiger partial charge in [0.2, 0.25) is 10.0 Å². The van der Waals surface area contributed by atoms with Crippen molar-refractivity contribution < 1.29 is 22.7 Å². The molecular weight excluding hydrogens is 424 g/mol. The number of esters is 1. The third-order valence-electron chi connectivity index (χ3n) is 3.55. The van der Waals surface area contributed by atoms with E-state index in [4.69, 9.17) is 9.88 Å². The van der Waals surface area contributed by atoms with Crippen molar-refractivity contribution >= 4 is 43.5 Å². The molecule has 2 rings (SSSR count). The van der Waals surface area contributed by atoms with Gasteiger partial charge in [0.25, 0.3) is 5.91 Å². The summed E-state index contributed by atoms with van der Waals surface area (Å²) >= 11 is 3.33. The summed E-state index contributed by atoms with van der Waals surface area (Å²) in [6.45, 7) is 2.94. The van der Waals surface area contributed by atoms with Crippen LogP contribution >= 0.6 is 15.9 Å². The molecule has 0 aliphatic heterocycles. The maximum absolute atomic E-state index is 12.2. The van der Waals surface area contributed by atoms with Crippen molar-refractivity contribution in [3.05, 3.63) is 57.6 Å². The molecule has 1 amide bonds. The molecule has 26 heavy (non-hydrogen) atoms. The van der Waals surface area contributed by atoms with Crippen LogP contribution in [0, 0.1) is 13.8 Å². The molecule has 3 N–H and O–H groups in total. The number of carbonyl (C=O) groups is 2. The Morgan fingerprint density at radius 2 is 1.81 bits per heavy atom. The summed E-state index contributed by atoms with van der Waals surface area (Å²) in [6, 6.07) is 9.20. The highest BCUT2D eigenvalue weighted by atomic mass is 79.9. The third-order valence-corrected chi connectivity index (χ3v) is 4.96. The lowest BCUT2D eigenvalue weighted by Gasteiger charge is -2.10. The number of nitrogens with one attached hydrogen (secondary N) is 1. The number of anilines is 1. The maximum Gasteiger partial charge on any atom is 0.338 e. The molecule has 0 atom stereocenters. The van der Waals surface area contributed by atoms with Crippen molar-refractivity contribution in [1.82, 2.24) is 0 Å². The molecule has 0 aliphatic rings. The zero-order valence-electron chi connectivity index (χ0n) is 14.1. The number of aryl methyl sites for hydroxylation is 2. The second-order valence-electron chi connectivity index (χ2n) is 5.61. The minimum atomic E-state index is -3.95. The van der Waals surface area contributed by atoms with Gasteiger partial charge in [-0.3, -0.25) is 4.79 Å². The first kappa shape index (κ1) is 20.1. The zero-order valence-corrected chi connectivity index (χ0v) is 16.5. The van der Waals surface area contributed by atoms with Crippen molar-refractivity contribution in [3.8, 4) is 0 Å². The number of benzene rings is 2. The average molecular weight is 441 g/mol. The highest BCUT2D eigenvalue weighted by Gasteiger charge is 2.17. The van der Waals surface area contributed by atoms with Gasteiger partial charge in [0, 0.05) is 10.2 Å². The fourth-order valence-corrected chi connectivity index (χ4v) is 3.18. The molecule has 0 heterocycles. The number of carbonyl (C=O) groups excluding carboxylic acids is 2. The van der Waals surface area contributed by atoms with Gasteiger partial charge < -0.3 is 10.1 Å². The number of ether oxygens (including phenoxy) is 1. The lowest BCUT2D eigenvalue weighted by Crippen LogP contribution is -2.22. The van der Waals surface area contributed by atoms with Crippen LogP contribution in [-0.4, -0.2) is 26.9 Å². The molecule has 2 aromatic rings. The molecule has 0 unspecified atom stereocenters. The fourth-order valence-electron chi connectivity index (χ4n) is 2.16. The summed E-state index contributed by atoms with van der Waals surface area (Å²) in [6.07, 6.45) is 0. The van der Waals surface area contributed by atoms with E-state index in [0.29, 0.717) is 11.3 Å². The van der Waals surface area contributed by atoms with Gasteiger partial charge in [0.15, 0.2) is 6.61 Å². The van der Waals surface area contributed by atoms with Crippen LogP contribution in [0.1, 0.15) is 21.5 Å². The summed E-state index contributed by atoms with van der Waals surface area (Å²) in [7, 11) is -3.95. The van der Waals surface area contributed by atoms with Gasteiger partial charge in [-0.1, -0.05) is 22.0 Å². The molecular formula is C17H17BrN2O5S. The molecule has 0 aromatic heterocycles. The monoisotopic (exact) mass is 440 g/mol. The van der Waals surface area contributed by atoms with Crippen LogP contribution in [-0.2, 0) is 19.6 Å². The molecule has 2 aromatic carbocycles. The molecule has 0 radical (unpaired) electrons. The largest absolute Gasteiger partial charge is 0.452 e. The van der Waals surface area contributed by atoms with Crippen LogP contribution in [0.3, 0.4) is 0 Å². The lowest BCUT2D eigenvalue weighted by atomic mass is 10.1. The van der Waals surface area contributed by atoms with Crippen molar-refractivity contribution in [1.29, 1.82) is 0 Å². The predicted molar refractivity (Wildman–Crippen MR) is 100 cm³/mol. The van der Waals surface area contributed by atoms with Gasteiger partial charge in [0.05, 0.1) is 10.5 Å². The van der Waals surface area contributed by atoms with Crippen LogP contribution in [0.25, 0.3) is 0 Å². The van der Waals surface area contributed by atoms with Crippen LogP contribution < -0.4 is 10.5 Å². The first-order valence-electron chi connectivity index (χ1n) is 7.44. The van der Waals surface area contributed by atoms with E-state index in [2.05, 4.69) is 21.2 Å². The number of amides is 1. The van der Waals surface area contributed by atoms with Gasteiger partial charge in [-0.2, -0.15) is 0 Å². The summed E-state index contributed by atoms with van der Waals surface area (Å²) in [5, 5.41) is 7.70. The maximum atomic E-state index is 12.2. The molecule has 138 valence electrons. The minimum absolute atomic E-state index is 0.0316. The second-order valence-corrected chi connectivity index (χ2v) is 8.08. The summed E-state index contributed by atoms with van der Waals surface area (Å²) < 4.78 is 28.7. The molecule has 0 fully saturated rings. The van der Waals surface area contributed by atoms with E-state index >= 15 is 0 Å². The van der Waals surface area contributed by atoms with E-state index in [0.717, 1.165) is 16.1 Å². The Morgan fingerprint density at radius 1 is 1.12 bits per heavy atom. The van der Waals surface area contributed by atoms with Gasteiger partial charge in [-0.15, -0.1) is 0 Å². The molecule has 9 heteroatoms. The van der Waals surface area contributed by atoms with E-state index in [1.807, 2.05) is 13.0 Å². The van der Waals surface area contributed by atoms with E-state index in [1.54, 1.807) is 19.1 Å². The molecule has 7 nitrogen and oxygen atoms in total. The topological polar surface area (TPSA) is 116 Å². The SMILES string of the molecule is Cc1cc(Br)ccc1NC(=O)COC(=O)c1cc(S(N)(=O)=O)ccc1C. The van der Waals surface area contributed by atoms with E-state index < -0.39 is 28.5 Å². The van der Waals surface area contributed by atoms with Crippen LogP contribution in [0.15, 0.2) is 45.8 Å². The fraction of sp³-hybridized carbons (Fsp3) is 0.176. The minimum Gasteiger partial charge on any atom is -0.452 e. The van der Waals surface area contributed by atoms with Crippen molar-refractivity contribution in [2.45, 2.75) is 18.7 Å². The Morgan fingerprint density at radius 3 is 2.42 bits per heavy atom. The van der Waals surface area contributed by atoms with Crippen LogP contribution in [0.5, 0.6) is 0 Å². The van der Waals surface area contributed by atoms with Crippen molar-refractivity contribution in [3.63, 3.8) is 0 Å². The number of nitrogens with two attached hydrogens (primary N) is 1. The van der Waals surface area contributed by atoms with Crippen LogP contribution in [0.2, 0.25) is 0 Å². The number of primary sulfonamides is 1. The standard InChI is InChI=1S/C17H17BrN2O5S/c1-10-3-5-13(26(19,23)24)8-14(10)17(22)25-9-16(21)20-15-6-4-12(18)7-11(15)2/h3-8H,9H2,1-2H3,(H,20,21)(H2,19,23,24). The van der Waals surface area contributed by atoms with Crippen molar-refractivity contribution in [2.24, 2.45) is 5.14 Å². The zero-order chi connectivity index (χ0) is 19.5. The van der Waals surface area contributed by atoms with Gasteiger partial charge >= 0.3 is 5.97 Å². The average Bonchev–Trinajstić information content (AvgIpc) is 2.54. The van der Waals surface area contributed by atoms with Gasteiger partial charge in [-0.25, -0.2) is 18.4 Å². The second kappa shape index (κ2) is 7.98. The number of sulfonamides is 1. The number of hydrogen-bond donors (Lipinski definition) is 2. The van der Waals surface area contributed by atoms with Crippen molar-refractivity contribution in [2.75, 3.05) is 11.9 Å². The Balaban J connectivity index is 2.05. The number of halogens is 1. The molecule has 0 aliphatic carbocycles. The molecule has 0 saturated carbocycles. The summed E-state index contributed by atoms with van der Waals surface area (Å²) in [4.78, 5) is 23.9. The highest BCUT2D eigenvalue weighted by molar-refractivity contribution is 9.10. The normalized spacial score (nSPS) is 11.1. The Bertz CT molecular complexity index is 973. The Kier molecular flexibility index (Phi) is 6.17. The first-order valence-corrected chi connectivity index (χ1v) is 9.78. The summed E-state index contributed by atoms with van der Waals surface area (Å²) in [5.74, 6) is -1.32. The summed E-state index contributed by atoms with van der Waals surface area (Å²) in [5.41, 5.74) is 1.98. The van der Waals surface area contributed by atoms with Crippen LogP contribution in [0.4, 0.5) is 5.69 Å². The predicted octanol–water partition coefficient (Wildman–Crippen LogP) is 2.51. The van der Waals surface area contributed by atoms with Gasteiger partial charge in [0.1, 0.15) is 0 Å². The van der Waals surface area contributed by atoms with E-state index in [-0.39, 0.29) is 10.5 Å². The molecule has 0 spiro atoms. The highest BCUT2D eigenvalue weighted by Crippen LogP contribution is 2.20. The lowest BCUT2D eigenvalue weighted by molar-refractivity contribution is -0.119. The first-order chi connectivity index (χ1) is 12.1. The molecule has 0 bridgehead atoms. The molecule has 0 saturated heterocycles. The number of rotatable bonds is 5. The Labute approximate surface area is 159 Å². The third kappa shape index (κ3) is 5.13. The Hall–Kier alpha value is -2.23. The van der Waals surface area contributed by atoms with E-state index in [9.17, 15) is 18.0 Å². The van der Waals surface area contributed by atoms with Gasteiger partial charge in [-0.05, 0) is 55.3 Å². The smallest absolute Gasteiger partial charge is 0.338 e. The quantitative estimate of drug-likeness (QED) is 0.692. The van der Waals surface area contributed by atoms with E-state index in [1.165, 1.54) is 12.1 Å².